The van der Waals surface area contributed by atoms with Crippen molar-refractivity contribution in [3.05, 3.63) is 54.1 Å². The monoisotopic (exact) mass is 172 g/mol. The van der Waals surface area contributed by atoms with Gasteiger partial charge in [0.2, 0.25) is 0 Å². The van der Waals surface area contributed by atoms with E-state index in [1.54, 1.807) is 0 Å². The molecule has 2 heteroatoms. The molecule has 1 heterocycles. The molecule has 2 rings (SSSR count). The van der Waals surface area contributed by atoms with E-state index in [9.17, 15) is 0 Å². The molecule has 0 atom stereocenters. The summed E-state index contributed by atoms with van der Waals surface area (Å²) in [4.78, 5) is 4.27. The van der Waals surface area contributed by atoms with Crippen LogP contribution in [0.5, 0.6) is 0 Å². The van der Waals surface area contributed by atoms with Crippen LogP contribution in [-0.4, -0.2) is 9.55 Å². The summed E-state index contributed by atoms with van der Waals surface area (Å²) >= 11 is 0. The molecule has 0 spiro atoms. The van der Waals surface area contributed by atoms with Gasteiger partial charge in [-0.3, -0.25) is 0 Å². The van der Waals surface area contributed by atoms with Gasteiger partial charge in [-0.05, 0) is 5.56 Å². The summed E-state index contributed by atoms with van der Waals surface area (Å²) in [6, 6.07) is 10.4. The van der Waals surface area contributed by atoms with Crippen LogP contribution in [0.1, 0.15) is 11.3 Å². The molecule has 0 unspecified atom stereocenters. The van der Waals surface area contributed by atoms with Gasteiger partial charge in [-0.25, -0.2) is 4.98 Å². The van der Waals surface area contributed by atoms with Crippen molar-refractivity contribution in [2.45, 2.75) is 6.42 Å². The minimum absolute atomic E-state index is 0.918. The Kier molecular flexibility index (Phi) is 2.13. The third kappa shape index (κ3) is 1.96. The van der Waals surface area contributed by atoms with E-state index in [1.165, 1.54) is 5.56 Å². The highest BCUT2D eigenvalue weighted by molar-refractivity contribution is 5.20. The summed E-state index contributed by atoms with van der Waals surface area (Å²) in [6.45, 7) is 0. The van der Waals surface area contributed by atoms with Gasteiger partial charge in [-0.1, -0.05) is 30.3 Å². The minimum atomic E-state index is 0.918. The molecular formula is C11H12N2. The summed E-state index contributed by atoms with van der Waals surface area (Å²) in [6.07, 6.45) is 4.80. The number of imidazole rings is 1. The first-order valence-corrected chi connectivity index (χ1v) is 4.35. The van der Waals surface area contributed by atoms with Crippen molar-refractivity contribution in [3.63, 3.8) is 0 Å². The lowest BCUT2D eigenvalue weighted by Crippen LogP contribution is -1.87. The third-order valence-corrected chi connectivity index (χ3v) is 1.99. The van der Waals surface area contributed by atoms with Gasteiger partial charge in [0, 0.05) is 19.7 Å². The predicted octanol–water partition coefficient (Wildman–Crippen LogP) is 2.01. The predicted molar refractivity (Wildman–Crippen MR) is 52.5 cm³/mol. The van der Waals surface area contributed by atoms with Crippen molar-refractivity contribution in [1.82, 2.24) is 9.55 Å². The minimum Gasteiger partial charge on any atom is -0.340 e. The molecule has 0 aliphatic heterocycles. The molecule has 1 aromatic heterocycles. The second-order valence-electron chi connectivity index (χ2n) is 3.19. The van der Waals surface area contributed by atoms with Gasteiger partial charge in [-0.15, -0.1) is 0 Å². The van der Waals surface area contributed by atoms with Gasteiger partial charge >= 0.3 is 0 Å². The van der Waals surface area contributed by atoms with Crippen LogP contribution in [-0.2, 0) is 13.5 Å². The van der Waals surface area contributed by atoms with E-state index in [1.807, 2.05) is 30.2 Å². The average Bonchev–Trinajstić information content (AvgIpc) is 2.53. The van der Waals surface area contributed by atoms with Crippen LogP contribution < -0.4 is 0 Å². The molecular weight excluding hydrogens is 160 g/mol. The lowest BCUT2D eigenvalue weighted by atomic mass is 10.1. The molecule has 0 aliphatic rings. The largest absolute Gasteiger partial charge is 0.340 e. The fourth-order valence-corrected chi connectivity index (χ4v) is 1.36. The number of nitrogens with zero attached hydrogens (tertiary/aromatic N) is 2. The first-order chi connectivity index (χ1) is 6.34. The molecule has 0 bridgehead atoms. The lowest BCUT2D eigenvalue weighted by Gasteiger charge is -1.95. The number of aromatic nitrogens is 2. The van der Waals surface area contributed by atoms with E-state index in [0.717, 1.165) is 12.1 Å². The average molecular weight is 172 g/mol. The maximum absolute atomic E-state index is 4.27. The molecule has 2 aromatic rings. The Morgan fingerprint density at radius 2 is 2.00 bits per heavy atom. The van der Waals surface area contributed by atoms with Gasteiger partial charge in [0.15, 0.2) is 0 Å². The fraction of sp³-hybridized carbons (Fsp3) is 0.182. The molecule has 0 N–H and O–H groups in total. The summed E-state index contributed by atoms with van der Waals surface area (Å²) in [5.41, 5.74) is 2.43. The number of hydrogen-bond acceptors (Lipinski definition) is 1. The summed E-state index contributed by atoms with van der Waals surface area (Å²) < 4.78 is 1.97. The number of aryl methyl sites for hydroxylation is 1. The standard InChI is InChI=1S/C11H12N2/c1-13-8-11(12-9-13)7-10-5-3-2-4-6-10/h2-6,8-9H,7H2,1H3. The van der Waals surface area contributed by atoms with Gasteiger partial charge in [0.25, 0.3) is 0 Å². The van der Waals surface area contributed by atoms with E-state index in [-0.39, 0.29) is 0 Å². The van der Waals surface area contributed by atoms with Crippen LogP contribution in [0.4, 0.5) is 0 Å². The van der Waals surface area contributed by atoms with E-state index in [2.05, 4.69) is 29.2 Å². The number of benzene rings is 1. The van der Waals surface area contributed by atoms with Crippen molar-refractivity contribution in [2.75, 3.05) is 0 Å². The fourth-order valence-electron chi connectivity index (χ4n) is 1.36. The Labute approximate surface area is 77.9 Å². The van der Waals surface area contributed by atoms with Crippen molar-refractivity contribution in [1.29, 1.82) is 0 Å². The van der Waals surface area contributed by atoms with Crippen LogP contribution in [0, 0.1) is 0 Å². The van der Waals surface area contributed by atoms with Gasteiger partial charge in [-0.2, -0.15) is 0 Å². The van der Waals surface area contributed by atoms with Crippen LogP contribution in [0.15, 0.2) is 42.9 Å². The second-order valence-corrected chi connectivity index (χ2v) is 3.19. The number of hydrogen-bond donors (Lipinski definition) is 0. The van der Waals surface area contributed by atoms with Gasteiger partial charge in [0.1, 0.15) is 0 Å². The molecule has 0 saturated carbocycles. The van der Waals surface area contributed by atoms with Gasteiger partial charge in [0.05, 0.1) is 12.0 Å². The van der Waals surface area contributed by atoms with Crippen molar-refractivity contribution < 1.29 is 0 Å². The Balaban J connectivity index is 2.15. The summed E-state index contributed by atoms with van der Waals surface area (Å²) in [5, 5.41) is 0. The van der Waals surface area contributed by atoms with E-state index < -0.39 is 0 Å². The molecule has 0 radical (unpaired) electrons. The van der Waals surface area contributed by atoms with E-state index in [0.29, 0.717) is 0 Å². The molecule has 0 aliphatic carbocycles. The SMILES string of the molecule is Cn1cnc(Cc2ccccc2)c1. The van der Waals surface area contributed by atoms with Gasteiger partial charge < -0.3 is 4.57 Å². The molecule has 13 heavy (non-hydrogen) atoms. The molecule has 1 aromatic carbocycles. The first-order valence-electron chi connectivity index (χ1n) is 4.35. The van der Waals surface area contributed by atoms with Crippen molar-refractivity contribution in [2.24, 2.45) is 7.05 Å². The molecule has 66 valence electrons. The maximum atomic E-state index is 4.27. The Bertz CT molecular complexity index is 376. The van der Waals surface area contributed by atoms with Crippen molar-refractivity contribution >= 4 is 0 Å². The normalized spacial score (nSPS) is 10.2. The molecule has 2 nitrogen and oxygen atoms in total. The lowest BCUT2D eigenvalue weighted by molar-refractivity contribution is 0.912. The zero-order valence-electron chi connectivity index (χ0n) is 7.64. The first kappa shape index (κ1) is 8.05. The Morgan fingerprint density at radius 1 is 1.23 bits per heavy atom. The van der Waals surface area contributed by atoms with E-state index in [4.69, 9.17) is 0 Å². The van der Waals surface area contributed by atoms with Crippen LogP contribution in [0.25, 0.3) is 0 Å². The van der Waals surface area contributed by atoms with Crippen LogP contribution in [0.2, 0.25) is 0 Å². The zero-order chi connectivity index (χ0) is 9.10. The maximum Gasteiger partial charge on any atom is 0.0946 e. The highest BCUT2D eigenvalue weighted by Gasteiger charge is 1.97. The van der Waals surface area contributed by atoms with Crippen LogP contribution in [0.3, 0.4) is 0 Å². The zero-order valence-corrected chi connectivity index (χ0v) is 7.64. The second kappa shape index (κ2) is 3.44. The Hall–Kier alpha value is -1.57. The van der Waals surface area contributed by atoms with E-state index >= 15 is 0 Å². The van der Waals surface area contributed by atoms with Crippen molar-refractivity contribution in [3.8, 4) is 0 Å². The Morgan fingerprint density at radius 3 is 2.62 bits per heavy atom. The van der Waals surface area contributed by atoms with Crippen LogP contribution >= 0.6 is 0 Å². The highest BCUT2D eigenvalue weighted by atomic mass is 15.0. The topological polar surface area (TPSA) is 17.8 Å². The highest BCUT2D eigenvalue weighted by Crippen LogP contribution is 2.05. The molecule has 0 amide bonds. The quantitative estimate of drug-likeness (QED) is 0.677. The summed E-state index contributed by atoms with van der Waals surface area (Å²) in [7, 11) is 1.99. The summed E-state index contributed by atoms with van der Waals surface area (Å²) in [5.74, 6) is 0. The molecule has 0 fully saturated rings. The smallest absolute Gasteiger partial charge is 0.0946 e. The molecule has 0 saturated heterocycles. The third-order valence-electron chi connectivity index (χ3n) is 1.99. The number of rotatable bonds is 2.